The lowest BCUT2D eigenvalue weighted by Crippen LogP contribution is -1.98. The van der Waals surface area contributed by atoms with Gasteiger partial charge in [-0.05, 0) is 70.5 Å². The zero-order valence-corrected chi connectivity index (χ0v) is 20.0. The molecule has 1 aromatic heterocycles. The van der Waals surface area contributed by atoms with Gasteiger partial charge in [0.2, 0.25) is 5.88 Å². The summed E-state index contributed by atoms with van der Waals surface area (Å²) in [6, 6.07) is 20.7. The minimum absolute atomic E-state index is 0.0185. The van der Waals surface area contributed by atoms with Crippen LogP contribution in [0.1, 0.15) is 30.7 Å². The normalized spacial score (nSPS) is 9.40. The Morgan fingerprint density at radius 1 is 0.967 bits per heavy atom. The molecule has 0 aliphatic carbocycles. The molecule has 158 valence electrons. The summed E-state index contributed by atoms with van der Waals surface area (Å²) in [4.78, 5) is 14.1. The van der Waals surface area contributed by atoms with Crippen molar-refractivity contribution in [2.24, 2.45) is 0 Å². The molecule has 0 bridgehead atoms. The number of aromatic nitrogens is 1. The van der Waals surface area contributed by atoms with Gasteiger partial charge >= 0.3 is 0 Å². The van der Waals surface area contributed by atoms with E-state index in [-0.39, 0.29) is 5.78 Å². The van der Waals surface area contributed by atoms with Crippen LogP contribution in [-0.4, -0.2) is 17.4 Å². The fourth-order valence-corrected chi connectivity index (χ4v) is 2.53. The predicted molar refractivity (Wildman–Crippen MR) is 130 cm³/mol. The molecule has 0 saturated carbocycles. The van der Waals surface area contributed by atoms with E-state index in [0.717, 1.165) is 27.2 Å². The van der Waals surface area contributed by atoms with Crippen LogP contribution in [0.15, 0.2) is 77.8 Å². The summed E-state index contributed by atoms with van der Waals surface area (Å²) < 4.78 is 6.73. The largest absolute Gasteiger partial charge is 0.478 e. The van der Waals surface area contributed by atoms with E-state index in [1.54, 1.807) is 0 Å². The summed E-state index contributed by atoms with van der Waals surface area (Å²) in [7, 11) is 0. The van der Waals surface area contributed by atoms with E-state index in [9.17, 15) is 4.79 Å². The average Bonchev–Trinajstić information content (AvgIpc) is 2.72. The zero-order chi connectivity index (χ0) is 22.5. The van der Waals surface area contributed by atoms with Crippen molar-refractivity contribution in [3.8, 4) is 17.0 Å². The lowest BCUT2D eigenvalue weighted by molar-refractivity contribution is -0.112. The number of ether oxygens (including phenoxy) is 1. The third-order valence-corrected chi connectivity index (χ3v) is 4.47. The van der Waals surface area contributed by atoms with Gasteiger partial charge in [-0.1, -0.05) is 70.0 Å². The molecule has 0 spiro atoms. The van der Waals surface area contributed by atoms with Gasteiger partial charge in [-0.3, -0.25) is 4.79 Å². The van der Waals surface area contributed by atoms with Crippen molar-refractivity contribution in [3.63, 3.8) is 0 Å². The van der Waals surface area contributed by atoms with Gasteiger partial charge < -0.3 is 4.74 Å². The zero-order valence-electron chi connectivity index (χ0n) is 18.4. The second-order valence-corrected chi connectivity index (χ2v) is 7.63. The maximum absolute atomic E-state index is 9.69. The van der Waals surface area contributed by atoms with E-state index < -0.39 is 0 Å². The summed E-state index contributed by atoms with van der Waals surface area (Å²) in [6.45, 7) is 13.4. The number of pyridine rings is 1. The monoisotopic (exact) mass is 467 g/mol. The number of ketones is 1. The topological polar surface area (TPSA) is 39.2 Å². The lowest BCUT2D eigenvalue weighted by Gasteiger charge is -2.10. The van der Waals surface area contributed by atoms with E-state index in [4.69, 9.17) is 4.74 Å². The smallest absolute Gasteiger partial charge is 0.221 e. The molecule has 1 heterocycles. The summed E-state index contributed by atoms with van der Waals surface area (Å²) in [5.41, 5.74) is 5.73. The van der Waals surface area contributed by atoms with E-state index in [1.165, 1.54) is 24.1 Å². The van der Waals surface area contributed by atoms with E-state index in [1.807, 2.05) is 32.0 Å². The van der Waals surface area contributed by atoms with Crippen LogP contribution in [0.5, 0.6) is 5.88 Å². The van der Waals surface area contributed by atoms with Gasteiger partial charge in [-0.15, -0.1) is 0 Å². The number of carbonyl (C=O) groups is 1. The fourth-order valence-electron chi connectivity index (χ4n) is 2.27. The molecular weight excluding hydrogens is 438 g/mol. The van der Waals surface area contributed by atoms with Crippen LogP contribution >= 0.6 is 15.9 Å². The Morgan fingerprint density at radius 2 is 1.47 bits per heavy atom. The molecule has 4 heteroatoms. The number of aryl methyl sites for hydroxylation is 3. The predicted octanol–water partition coefficient (Wildman–Crippen LogP) is 7.28. The summed E-state index contributed by atoms with van der Waals surface area (Å²) in [6.07, 6.45) is 1.28. The van der Waals surface area contributed by atoms with Crippen LogP contribution in [0, 0.1) is 20.8 Å². The average molecular weight is 468 g/mol. The minimum Gasteiger partial charge on any atom is -0.478 e. The van der Waals surface area contributed by atoms with E-state index in [2.05, 4.69) is 83.8 Å². The molecule has 0 fully saturated rings. The van der Waals surface area contributed by atoms with Gasteiger partial charge in [-0.2, -0.15) is 0 Å². The fraction of sp³-hybridized carbons (Fsp3) is 0.231. The molecule has 3 nitrogen and oxygen atoms in total. The maximum atomic E-state index is 9.69. The molecule has 0 atom stereocenters. The van der Waals surface area contributed by atoms with Crippen molar-refractivity contribution in [1.82, 2.24) is 4.98 Å². The Hall–Kier alpha value is -2.72. The van der Waals surface area contributed by atoms with Crippen LogP contribution in [0.4, 0.5) is 0 Å². The number of hydrogen-bond acceptors (Lipinski definition) is 3. The third-order valence-electron chi connectivity index (χ3n) is 3.94. The van der Waals surface area contributed by atoms with Crippen molar-refractivity contribution in [2.75, 3.05) is 6.61 Å². The molecule has 3 aromatic rings. The molecule has 0 N–H and O–H groups in total. The van der Waals surface area contributed by atoms with Gasteiger partial charge in [0.25, 0.3) is 0 Å². The van der Waals surface area contributed by atoms with Gasteiger partial charge in [0.05, 0.1) is 6.61 Å². The first-order valence-corrected chi connectivity index (χ1v) is 10.6. The number of hydrogen-bond donors (Lipinski definition) is 0. The Bertz CT molecular complexity index is 911. The van der Waals surface area contributed by atoms with Crippen LogP contribution in [-0.2, 0) is 4.79 Å². The number of halogens is 1. The van der Waals surface area contributed by atoms with Crippen LogP contribution < -0.4 is 4.74 Å². The van der Waals surface area contributed by atoms with Crippen molar-refractivity contribution in [2.45, 2.75) is 34.6 Å². The number of nitrogens with zero attached hydrogens (tertiary/aromatic N) is 1. The lowest BCUT2D eigenvalue weighted by atomic mass is 10.1. The highest BCUT2D eigenvalue weighted by Crippen LogP contribution is 2.28. The van der Waals surface area contributed by atoms with Gasteiger partial charge in [-0.25, -0.2) is 4.98 Å². The van der Waals surface area contributed by atoms with E-state index >= 15 is 0 Å². The highest BCUT2D eigenvalue weighted by Gasteiger charge is 2.07. The Kier molecular flexibility index (Phi) is 11.4. The standard InChI is InChI=1S/C15H17NO.C7H7Br.C4H6O/c1-4-17-15-14(10-7-12(3)16-15)13-8-5-11(2)6-9-13;1-6-2-4-7(8)5-3-6;1-3-4(2)5/h5-10H,4H2,1-3H3;2-5H,1H3;3H,1H2,2H3. The molecule has 0 radical (unpaired) electrons. The van der Waals surface area contributed by atoms with Gasteiger partial charge in [0.15, 0.2) is 5.78 Å². The first-order chi connectivity index (χ1) is 14.3. The second kappa shape index (κ2) is 13.5. The Balaban J connectivity index is 0.000000286. The third kappa shape index (κ3) is 9.66. The minimum atomic E-state index is 0.0185. The number of allylic oxidation sites excluding steroid dienone is 1. The Labute approximate surface area is 189 Å². The summed E-state index contributed by atoms with van der Waals surface area (Å²) >= 11 is 3.35. The van der Waals surface area contributed by atoms with E-state index in [0.29, 0.717) is 6.61 Å². The SMILES string of the molecule is C=CC(C)=O.CCOc1nc(C)ccc1-c1ccc(C)cc1.Cc1ccc(Br)cc1. The Morgan fingerprint density at radius 3 is 1.90 bits per heavy atom. The van der Waals surface area contributed by atoms with Gasteiger partial charge in [0.1, 0.15) is 0 Å². The molecule has 0 aliphatic heterocycles. The van der Waals surface area contributed by atoms with Crippen LogP contribution in [0.25, 0.3) is 11.1 Å². The highest BCUT2D eigenvalue weighted by atomic mass is 79.9. The first-order valence-electron chi connectivity index (χ1n) is 9.79. The molecule has 0 aliphatic rings. The van der Waals surface area contributed by atoms with Crippen molar-refractivity contribution >= 4 is 21.7 Å². The molecule has 0 unspecified atom stereocenters. The second-order valence-electron chi connectivity index (χ2n) is 6.71. The molecular formula is C26H30BrNO2. The summed E-state index contributed by atoms with van der Waals surface area (Å²) in [5.74, 6) is 0.737. The molecule has 3 rings (SSSR count). The quantitative estimate of drug-likeness (QED) is 0.378. The molecule has 2 aromatic carbocycles. The van der Waals surface area contributed by atoms with Crippen LogP contribution in [0.2, 0.25) is 0 Å². The molecule has 30 heavy (non-hydrogen) atoms. The number of benzene rings is 2. The maximum Gasteiger partial charge on any atom is 0.221 e. The van der Waals surface area contributed by atoms with Gasteiger partial charge in [0, 0.05) is 15.7 Å². The van der Waals surface area contributed by atoms with Crippen molar-refractivity contribution < 1.29 is 9.53 Å². The number of rotatable bonds is 4. The van der Waals surface area contributed by atoms with Crippen molar-refractivity contribution in [1.29, 1.82) is 0 Å². The van der Waals surface area contributed by atoms with Crippen LogP contribution in [0.3, 0.4) is 0 Å². The molecule has 0 saturated heterocycles. The van der Waals surface area contributed by atoms with Crippen molar-refractivity contribution in [3.05, 3.63) is 94.6 Å². The molecule has 0 amide bonds. The first kappa shape index (κ1) is 25.3. The highest BCUT2D eigenvalue weighted by molar-refractivity contribution is 9.10. The number of carbonyl (C=O) groups excluding carboxylic acids is 1. The summed E-state index contributed by atoms with van der Waals surface area (Å²) in [5, 5.41) is 0.